The fraction of sp³-hybridized carbons (Fsp3) is 0.552. The van der Waals surface area contributed by atoms with E-state index in [4.69, 9.17) is 0 Å². The molecule has 2 aliphatic rings. The molecule has 0 aromatic heterocycles. The zero-order valence-corrected chi connectivity index (χ0v) is 21.2. The minimum Gasteiger partial charge on any atom is -0.344 e. The number of fused-ring (bicyclic) bond motifs is 1. The Balaban J connectivity index is 1.34. The average molecular weight is 478 g/mol. The Kier molecular flexibility index (Phi) is 8.42. The monoisotopic (exact) mass is 477 g/mol. The summed E-state index contributed by atoms with van der Waals surface area (Å²) in [4.78, 5) is 43.2. The van der Waals surface area contributed by atoms with E-state index in [1.165, 1.54) is 12.8 Å². The standard InChI is InChI=1S/C29H39N3O3/c1-21(2)27(30-26(33)20-24-12-9-11-22-10-5-6-13-25(22)24)29(35)32-18-14-23(15-19-32)28(34)31-16-7-3-4-8-17-31/h5-6,9-13,21,23,27H,3-4,7-8,14-20H2,1-2H3,(H,30,33). The molecule has 2 saturated heterocycles. The third-order valence-corrected chi connectivity index (χ3v) is 7.55. The summed E-state index contributed by atoms with van der Waals surface area (Å²) in [5, 5.41) is 5.18. The van der Waals surface area contributed by atoms with Crippen molar-refractivity contribution in [3.05, 3.63) is 48.0 Å². The molecule has 2 aromatic carbocycles. The number of piperidine rings is 1. The second-order valence-corrected chi connectivity index (χ2v) is 10.4. The Morgan fingerprint density at radius 3 is 2.20 bits per heavy atom. The molecule has 2 aromatic rings. The molecule has 2 aliphatic heterocycles. The lowest BCUT2D eigenvalue weighted by molar-refractivity contribution is -0.143. The third-order valence-electron chi connectivity index (χ3n) is 7.55. The van der Waals surface area contributed by atoms with Gasteiger partial charge in [0.2, 0.25) is 17.7 Å². The topological polar surface area (TPSA) is 69.7 Å². The molecule has 35 heavy (non-hydrogen) atoms. The van der Waals surface area contributed by atoms with Crippen LogP contribution in [0.1, 0.15) is 57.9 Å². The van der Waals surface area contributed by atoms with Gasteiger partial charge in [-0.25, -0.2) is 0 Å². The van der Waals surface area contributed by atoms with E-state index in [0.29, 0.717) is 25.9 Å². The first kappa shape index (κ1) is 25.2. The fourth-order valence-corrected chi connectivity index (χ4v) is 5.45. The van der Waals surface area contributed by atoms with Crippen LogP contribution in [0.15, 0.2) is 42.5 Å². The van der Waals surface area contributed by atoms with Crippen LogP contribution in [-0.2, 0) is 20.8 Å². The zero-order chi connectivity index (χ0) is 24.8. The Morgan fingerprint density at radius 2 is 1.51 bits per heavy atom. The predicted molar refractivity (Wildman–Crippen MR) is 139 cm³/mol. The molecule has 3 amide bonds. The molecule has 4 rings (SSSR count). The summed E-state index contributed by atoms with van der Waals surface area (Å²) >= 11 is 0. The smallest absolute Gasteiger partial charge is 0.245 e. The lowest BCUT2D eigenvalue weighted by atomic mass is 9.93. The number of hydrogen-bond acceptors (Lipinski definition) is 3. The van der Waals surface area contributed by atoms with E-state index in [1.807, 2.05) is 66.1 Å². The number of nitrogens with one attached hydrogen (secondary N) is 1. The Hall–Kier alpha value is -2.89. The van der Waals surface area contributed by atoms with Gasteiger partial charge in [-0.1, -0.05) is 69.2 Å². The minimum atomic E-state index is -0.560. The van der Waals surface area contributed by atoms with Crippen molar-refractivity contribution in [3.63, 3.8) is 0 Å². The molecule has 6 heteroatoms. The molecule has 0 bridgehead atoms. The molecule has 0 spiro atoms. The first-order valence-corrected chi connectivity index (χ1v) is 13.3. The van der Waals surface area contributed by atoms with Crippen molar-refractivity contribution in [2.45, 2.75) is 64.8 Å². The number of likely N-dealkylation sites (tertiary alicyclic amines) is 2. The van der Waals surface area contributed by atoms with Crippen molar-refractivity contribution >= 4 is 28.5 Å². The maximum atomic E-state index is 13.4. The first-order valence-electron chi connectivity index (χ1n) is 13.3. The maximum Gasteiger partial charge on any atom is 0.245 e. The molecule has 188 valence electrons. The Morgan fingerprint density at radius 1 is 0.857 bits per heavy atom. The van der Waals surface area contributed by atoms with Gasteiger partial charge in [0.1, 0.15) is 6.04 Å². The van der Waals surface area contributed by atoms with Gasteiger partial charge in [-0.2, -0.15) is 0 Å². The van der Waals surface area contributed by atoms with E-state index < -0.39 is 6.04 Å². The molecule has 1 unspecified atom stereocenters. The van der Waals surface area contributed by atoms with Crippen LogP contribution in [0, 0.1) is 11.8 Å². The summed E-state index contributed by atoms with van der Waals surface area (Å²) in [6.07, 6.45) is 6.25. The summed E-state index contributed by atoms with van der Waals surface area (Å²) in [6, 6.07) is 13.5. The molecule has 1 N–H and O–H groups in total. The quantitative estimate of drug-likeness (QED) is 0.679. The van der Waals surface area contributed by atoms with E-state index >= 15 is 0 Å². The second kappa shape index (κ2) is 11.7. The van der Waals surface area contributed by atoms with Gasteiger partial charge in [-0.05, 0) is 47.9 Å². The molecule has 1 atom stereocenters. The largest absolute Gasteiger partial charge is 0.344 e. The normalized spacial score (nSPS) is 18.4. The van der Waals surface area contributed by atoms with Gasteiger partial charge in [0.25, 0.3) is 0 Å². The molecule has 6 nitrogen and oxygen atoms in total. The van der Waals surface area contributed by atoms with Crippen molar-refractivity contribution in [2.24, 2.45) is 11.8 Å². The highest BCUT2D eigenvalue weighted by molar-refractivity contribution is 5.92. The highest BCUT2D eigenvalue weighted by atomic mass is 16.2. The molecule has 0 radical (unpaired) electrons. The van der Waals surface area contributed by atoms with E-state index in [1.54, 1.807) is 0 Å². The SMILES string of the molecule is CC(C)C(NC(=O)Cc1cccc2ccccc12)C(=O)N1CCC(C(=O)N2CCCCCC2)CC1. The molecule has 2 fully saturated rings. The number of carbonyl (C=O) groups excluding carboxylic acids is 3. The summed E-state index contributed by atoms with van der Waals surface area (Å²) in [6.45, 7) is 6.83. The zero-order valence-electron chi connectivity index (χ0n) is 21.2. The average Bonchev–Trinajstić information content (AvgIpc) is 3.16. The number of carbonyl (C=O) groups is 3. The highest BCUT2D eigenvalue weighted by Gasteiger charge is 2.34. The van der Waals surface area contributed by atoms with Crippen molar-refractivity contribution in [2.75, 3.05) is 26.2 Å². The predicted octanol–water partition coefficient (Wildman–Crippen LogP) is 4.16. The van der Waals surface area contributed by atoms with Gasteiger partial charge in [0, 0.05) is 32.1 Å². The van der Waals surface area contributed by atoms with Crippen LogP contribution >= 0.6 is 0 Å². The number of nitrogens with zero attached hydrogens (tertiary/aromatic N) is 2. The summed E-state index contributed by atoms with van der Waals surface area (Å²) in [5.74, 6) is 0.0837. The summed E-state index contributed by atoms with van der Waals surface area (Å²) in [5.41, 5.74) is 0.961. The number of benzene rings is 2. The van der Waals surface area contributed by atoms with Gasteiger partial charge >= 0.3 is 0 Å². The second-order valence-electron chi connectivity index (χ2n) is 10.4. The van der Waals surface area contributed by atoms with Crippen molar-refractivity contribution in [1.82, 2.24) is 15.1 Å². The first-order chi connectivity index (χ1) is 16.9. The maximum absolute atomic E-state index is 13.4. The van der Waals surface area contributed by atoms with Gasteiger partial charge in [0.05, 0.1) is 6.42 Å². The number of hydrogen-bond donors (Lipinski definition) is 1. The van der Waals surface area contributed by atoms with Crippen molar-refractivity contribution < 1.29 is 14.4 Å². The Labute approximate surface area is 209 Å². The molecular formula is C29H39N3O3. The van der Waals surface area contributed by atoms with Gasteiger partial charge in [-0.3, -0.25) is 14.4 Å². The summed E-state index contributed by atoms with van der Waals surface area (Å²) in [7, 11) is 0. The van der Waals surface area contributed by atoms with E-state index in [0.717, 1.165) is 42.3 Å². The van der Waals surface area contributed by atoms with Crippen LogP contribution < -0.4 is 5.32 Å². The summed E-state index contributed by atoms with van der Waals surface area (Å²) < 4.78 is 0. The van der Waals surface area contributed by atoms with Crippen LogP contribution in [0.25, 0.3) is 10.8 Å². The van der Waals surface area contributed by atoms with E-state index in [-0.39, 0.29) is 36.0 Å². The fourth-order valence-electron chi connectivity index (χ4n) is 5.45. The molecule has 0 aliphatic carbocycles. The van der Waals surface area contributed by atoms with Crippen LogP contribution in [0.5, 0.6) is 0 Å². The van der Waals surface area contributed by atoms with E-state index in [9.17, 15) is 14.4 Å². The third kappa shape index (κ3) is 6.22. The highest BCUT2D eigenvalue weighted by Crippen LogP contribution is 2.23. The number of amides is 3. The molecular weight excluding hydrogens is 438 g/mol. The molecule has 0 saturated carbocycles. The van der Waals surface area contributed by atoms with E-state index in [2.05, 4.69) is 5.32 Å². The Bertz CT molecular complexity index is 1030. The van der Waals surface area contributed by atoms with Crippen molar-refractivity contribution in [3.8, 4) is 0 Å². The van der Waals surface area contributed by atoms with Crippen LogP contribution in [0.3, 0.4) is 0 Å². The lowest BCUT2D eigenvalue weighted by Crippen LogP contribution is -2.54. The van der Waals surface area contributed by atoms with Gasteiger partial charge in [0.15, 0.2) is 0 Å². The molecule has 2 heterocycles. The van der Waals surface area contributed by atoms with Gasteiger partial charge in [-0.15, -0.1) is 0 Å². The van der Waals surface area contributed by atoms with Gasteiger partial charge < -0.3 is 15.1 Å². The van der Waals surface area contributed by atoms with Crippen molar-refractivity contribution in [1.29, 1.82) is 0 Å². The lowest BCUT2D eigenvalue weighted by Gasteiger charge is -2.36. The van der Waals surface area contributed by atoms with Crippen LogP contribution in [-0.4, -0.2) is 59.7 Å². The minimum absolute atomic E-state index is 0.00982. The van der Waals surface area contributed by atoms with Crippen LogP contribution in [0.2, 0.25) is 0 Å². The van der Waals surface area contributed by atoms with Crippen LogP contribution in [0.4, 0.5) is 0 Å². The number of rotatable bonds is 6.